The summed E-state index contributed by atoms with van der Waals surface area (Å²) in [6, 6.07) is 16.4. The van der Waals surface area contributed by atoms with Crippen LogP contribution in [0.2, 0.25) is 5.02 Å². The molecule has 2 aliphatic rings. The van der Waals surface area contributed by atoms with Crippen molar-refractivity contribution in [3.8, 4) is 12.1 Å². The van der Waals surface area contributed by atoms with E-state index in [4.69, 9.17) is 11.6 Å². The van der Waals surface area contributed by atoms with Crippen LogP contribution in [-0.2, 0) is 13.0 Å². The van der Waals surface area contributed by atoms with E-state index in [2.05, 4.69) is 38.4 Å². The van der Waals surface area contributed by atoms with Crippen LogP contribution in [0, 0.1) is 22.7 Å². The zero-order valence-corrected chi connectivity index (χ0v) is 21.0. The highest BCUT2D eigenvalue weighted by Crippen LogP contribution is 2.37. The van der Waals surface area contributed by atoms with Crippen LogP contribution in [0.1, 0.15) is 30.0 Å². The molecule has 182 valence electrons. The normalized spacial score (nSPS) is 17.4. The Morgan fingerprint density at radius 1 is 1.14 bits per heavy atom. The van der Waals surface area contributed by atoms with Gasteiger partial charge in [0.05, 0.1) is 23.6 Å². The van der Waals surface area contributed by atoms with Gasteiger partial charge in [0.1, 0.15) is 17.5 Å². The Bertz CT molecular complexity index is 1490. The van der Waals surface area contributed by atoms with Gasteiger partial charge in [-0.25, -0.2) is 0 Å². The van der Waals surface area contributed by atoms with E-state index < -0.39 is 0 Å². The van der Waals surface area contributed by atoms with Gasteiger partial charge < -0.3 is 19.7 Å². The van der Waals surface area contributed by atoms with Crippen molar-refractivity contribution >= 4 is 33.9 Å². The summed E-state index contributed by atoms with van der Waals surface area (Å²) in [5.41, 5.74) is 3.51. The Kier molecular flexibility index (Phi) is 6.35. The van der Waals surface area contributed by atoms with Crippen LogP contribution < -0.4 is 15.4 Å². The number of nitriles is 2. The second-order valence-corrected chi connectivity index (χ2v) is 9.83. The molecule has 8 heteroatoms. The summed E-state index contributed by atoms with van der Waals surface area (Å²) in [5.74, 6) is 0.772. The van der Waals surface area contributed by atoms with Gasteiger partial charge >= 0.3 is 0 Å². The quantitative estimate of drug-likeness (QED) is 0.567. The van der Waals surface area contributed by atoms with Gasteiger partial charge in [0, 0.05) is 60.6 Å². The molecule has 1 atom stereocenters. The lowest BCUT2D eigenvalue weighted by Gasteiger charge is -2.44. The van der Waals surface area contributed by atoms with Gasteiger partial charge in [-0.3, -0.25) is 4.79 Å². The summed E-state index contributed by atoms with van der Waals surface area (Å²) < 4.78 is 0. The molecular weight excluding hydrogens is 472 g/mol. The number of rotatable bonds is 4. The van der Waals surface area contributed by atoms with Crippen LogP contribution in [-0.4, -0.2) is 42.1 Å². The van der Waals surface area contributed by atoms with E-state index >= 15 is 0 Å². The summed E-state index contributed by atoms with van der Waals surface area (Å²) in [7, 11) is 0. The molecule has 0 amide bonds. The van der Waals surface area contributed by atoms with Gasteiger partial charge in [-0.1, -0.05) is 42.4 Å². The van der Waals surface area contributed by atoms with E-state index in [9.17, 15) is 15.3 Å². The van der Waals surface area contributed by atoms with Gasteiger partial charge in [0.25, 0.3) is 5.56 Å². The smallest absolute Gasteiger partial charge is 0.267 e. The number of pyridine rings is 1. The van der Waals surface area contributed by atoms with Crippen LogP contribution in [0.3, 0.4) is 0 Å². The molecule has 5 rings (SSSR count). The van der Waals surface area contributed by atoms with Crippen molar-refractivity contribution in [2.75, 3.05) is 36.0 Å². The van der Waals surface area contributed by atoms with Gasteiger partial charge in [0.15, 0.2) is 0 Å². The molecular formula is C28H27ClN6O. The molecule has 7 nitrogen and oxygen atoms in total. The largest absolute Gasteiger partial charge is 0.368 e. The third-order valence-corrected chi connectivity index (χ3v) is 7.61. The van der Waals surface area contributed by atoms with Crippen molar-refractivity contribution < 1.29 is 0 Å². The minimum absolute atomic E-state index is 0.00559. The number of nitrogens with zero attached hydrogens (tertiary/aromatic N) is 5. The summed E-state index contributed by atoms with van der Waals surface area (Å²) in [4.78, 5) is 22.6. The topological polar surface area (TPSA) is 90.2 Å². The zero-order valence-electron chi connectivity index (χ0n) is 20.2. The molecule has 0 saturated carbocycles. The molecule has 2 aliphatic heterocycles. The van der Waals surface area contributed by atoms with Crippen molar-refractivity contribution in [3.63, 3.8) is 0 Å². The Balaban J connectivity index is 1.55. The molecule has 1 fully saturated rings. The van der Waals surface area contributed by atoms with E-state index in [0.717, 1.165) is 52.2 Å². The zero-order chi connectivity index (χ0) is 25.4. The predicted octanol–water partition coefficient (Wildman–Crippen LogP) is 4.55. The summed E-state index contributed by atoms with van der Waals surface area (Å²) in [5, 5.41) is 22.0. The Morgan fingerprint density at radius 2 is 1.92 bits per heavy atom. The number of H-pyrrole nitrogens is 1. The van der Waals surface area contributed by atoms with E-state index in [1.807, 2.05) is 43.3 Å². The molecule has 0 bridgehead atoms. The van der Waals surface area contributed by atoms with Gasteiger partial charge in [-0.2, -0.15) is 10.5 Å². The fourth-order valence-electron chi connectivity index (χ4n) is 5.61. The minimum atomic E-state index is -0.372. The first-order valence-corrected chi connectivity index (χ1v) is 12.4. The fraction of sp³-hybridized carbons (Fsp3) is 0.321. The lowest BCUT2D eigenvalue weighted by molar-refractivity contribution is 0.230. The summed E-state index contributed by atoms with van der Waals surface area (Å²) >= 11 is 6.59. The number of anilines is 2. The second kappa shape index (κ2) is 9.60. The SMILES string of the molecule is C=C(C)N1CCN(c2[nH]c(=O)c(C#N)c3c2CCN(c2cccc4cccc(Cl)c24)C3)CC1CC#N. The monoisotopic (exact) mass is 498 g/mol. The molecule has 0 radical (unpaired) electrons. The first-order chi connectivity index (χ1) is 17.4. The molecule has 0 spiro atoms. The van der Waals surface area contributed by atoms with Crippen LogP contribution in [0.25, 0.3) is 10.8 Å². The van der Waals surface area contributed by atoms with Crippen molar-refractivity contribution in [2.45, 2.75) is 32.4 Å². The highest BCUT2D eigenvalue weighted by Gasteiger charge is 2.32. The number of aromatic amines is 1. The van der Waals surface area contributed by atoms with Gasteiger partial charge in [-0.05, 0) is 30.9 Å². The minimum Gasteiger partial charge on any atom is -0.368 e. The van der Waals surface area contributed by atoms with Gasteiger partial charge in [0.2, 0.25) is 0 Å². The van der Waals surface area contributed by atoms with E-state index in [-0.39, 0.29) is 17.2 Å². The average Bonchev–Trinajstić information content (AvgIpc) is 2.88. The second-order valence-electron chi connectivity index (χ2n) is 9.42. The van der Waals surface area contributed by atoms with E-state index in [1.165, 1.54) is 0 Å². The number of aromatic nitrogens is 1. The number of benzene rings is 2. The number of allylic oxidation sites excluding steroid dienone is 1. The Hall–Kier alpha value is -3.94. The Labute approximate surface area is 215 Å². The Morgan fingerprint density at radius 3 is 2.64 bits per heavy atom. The number of hydrogen-bond acceptors (Lipinski definition) is 6. The maximum atomic E-state index is 13.1. The number of hydrogen-bond donors (Lipinski definition) is 1. The average molecular weight is 499 g/mol. The third-order valence-electron chi connectivity index (χ3n) is 7.29. The van der Waals surface area contributed by atoms with Crippen LogP contribution in [0.5, 0.6) is 0 Å². The lowest BCUT2D eigenvalue weighted by atomic mass is 9.94. The van der Waals surface area contributed by atoms with Gasteiger partial charge in [-0.15, -0.1) is 0 Å². The van der Waals surface area contributed by atoms with Crippen molar-refractivity contribution in [1.29, 1.82) is 10.5 Å². The number of nitrogens with one attached hydrogen (secondary N) is 1. The maximum absolute atomic E-state index is 13.1. The molecule has 3 heterocycles. The first-order valence-electron chi connectivity index (χ1n) is 12.1. The summed E-state index contributed by atoms with van der Waals surface area (Å²) in [6.45, 7) is 9.24. The lowest BCUT2D eigenvalue weighted by Crippen LogP contribution is -2.53. The number of piperazine rings is 1. The standard InChI is InChI=1S/C28H27ClN6O/c1-18(2)35-14-13-34(16-20(35)9-11-30)27-21-10-12-33(17-23(21)22(15-31)28(36)32-27)25-8-4-6-19-5-3-7-24(29)26(19)25/h3-8,20H,1,9-10,12-14,16-17H2,2H3,(H,32,36). The molecule has 36 heavy (non-hydrogen) atoms. The molecule has 1 unspecified atom stereocenters. The highest BCUT2D eigenvalue weighted by atomic mass is 35.5. The highest BCUT2D eigenvalue weighted by molar-refractivity contribution is 6.36. The first kappa shape index (κ1) is 23.8. The van der Waals surface area contributed by atoms with E-state index in [0.29, 0.717) is 37.5 Å². The molecule has 1 N–H and O–H groups in total. The maximum Gasteiger partial charge on any atom is 0.267 e. The van der Waals surface area contributed by atoms with E-state index in [1.54, 1.807) is 0 Å². The molecule has 2 aromatic carbocycles. The van der Waals surface area contributed by atoms with Crippen LogP contribution in [0.15, 0.2) is 53.5 Å². The fourth-order valence-corrected chi connectivity index (χ4v) is 5.89. The predicted molar refractivity (Wildman–Crippen MR) is 143 cm³/mol. The molecule has 3 aromatic rings. The third kappa shape index (κ3) is 4.06. The molecule has 1 aromatic heterocycles. The summed E-state index contributed by atoms with van der Waals surface area (Å²) in [6.07, 6.45) is 1.06. The van der Waals surface area contributed by atoms with Crippen molar-refractivity contribution in [3.05, 3.63) is 80.7 Å². The molecule has 0 aliphatic carbocycles. The van der Waals surface area contributed by atoms with Crippen LogP contribution in [0.4, 0.5) is 11.5 Å². The van der Waals surface area contributed by atoms with Crippen LogP contribution >= 0.6 is 11.6 Å². The number of halogens is 1. The van der Waals surface area contributed by atoms with Crippen molar-refractivity contribution in [2.24, 2.45) is 0 Å². The van der Waals surface area contributed by atoms with Crippen molar-refractivity contribution in [1.82, 2.24) is 9.88 Å². The number of fused-ring (bicyclic) bond motifs is 2. The molecule has 1 saturated heterocycles.